The monoisotopic (exact) mass is 396 g/mol. The number of amides is 1. The van der Waals surface area contributed by atoms with Gasteiger partial charge in [0.05, 0.1) is 12.6 Å². The number of nitrogens with one attached hydrogen (secondary N) is 1. The predicted molar refractivity (Wildman–Crippen MR) is 107 cm³/mol. The van der Waals surface area contributed by atoms with Crippen molar-refractivity contribution in [3.8, 4) is 16.9 Å². The van der Waals surface area contributed by atoms with Gasteiger partial charge in [0.25, 0.3) is 0 Å². The number of halogens is 1. The van der Waals surface area contributed by atoms with Gasteiger partial charge < -0.3 is 14.8 Å². The minimum atomic E-state index is -0.343. The zero-order valence-corrected chi connectivity index (χ0v) is 16.3. The van der Waals surface area contributed by atoms with Gasteiger partial charge in [-0.2, -0.15) is 0 Å². The number of piperidine rings is 3. The number of carbonyl (C=O) groups excluding carboxylic acids is 1. The second-order valence-corrected chi connectivity index (χ2v) is 8.18. The number of carbonyl (C=O) groups is 1. The summed E-state index contributed by atoms with van der Waals surface area (Å²) in [7, 11) is 0. The van der Waals surface area contributed by atoms with Crippen LogP contribution in [0.15, 0.2) is 42.5 Å². The molecule has 0 spiro atoms. The van der Waals surface area contributed by atoms with E-state index in [4.69, 9.17) is 9.47 Å². The molecule has 4 heterocycles. The van der Waals surface area contributed by atoms with Gasteiger partial charge in [-0.05, 0) is 61.2 Å². The summed E-state index contributed by atoms with van der Waals surface area (Å²) < 4.78 is 24.8. The van der Waals surface area contributed by atoms with Gasteiger partial charge in [0.1, 0.15) is 17.7 Å². The molecule has 1 unspecified atom stereocenters. The molecule has 29 heavy (non-hydrogen) atoms. The number of rotatable bonds is 3. The summed E-state index contributed by atoms with van der Waals surface area (Å²) in [6.07, 6.45) is 2.59. The maximum absolute atomic E-state index is 13.2. The molecule has 6 heteroatoms. The van der Waals surface area contributed by atoms with Crippen molar-refractivity contribution >= 4 is 6.09 Å². The van der Waals surface area contributed by atoms with Crippen LogP contribution in [0.5, 0.6) is 5.75 Å². The van der Waals surface area contributed by atoms with Crippen LogP contribution in [0, 0.1) is 11.7 Å². The maximum Gasteiger partial charge on any atom is 0.407 e. The molecule has 0 aromatic heterocycles. The number of ether oxygens (including phenoxy) is 2. The fourth-order valence-electron chi connectivity index (χ4n) is 4.72. The van der Waals surface area contributed by atoms with Crippen LogP contribution in [0.2, 0.25) is 0 Å². The van der Waals surface area contributed by atoms with Crippen molar-refractivity contribution in [3.63, 3.8) is 0 Å². The van der Waals surface area contributed by atoms with E-state index >= 15 is 0 Å². The van der Waals surface area contributed by atoms with E-state index in [0.717, 1.165) is 54.9 Å². The summed E-state index contributed by atoms with van der Waals surface area (Å²) in [6, 6.07) is 12.2. The topological polar surface area (TPSA) is 50.8 Å². The minimum Gasteiger partial charge on any atom is -0.493 e. The first-order chi connectivity index (χ1) is 14.2. The molecule has 6 rings (SSSR count). The molecule has 152 valence electrons. The molecule has 3 saturated heterocycles. The molecule has 2 aromatic carbocycles. The number of nitrogens with zero attached hydrogens (tertiary/aromatic N) is 1. The average molecular weight is 396 g/mol. The Morgan fingerprint density at radius 1 is 1.07 bits per heavy atom. The lowest BCUT2D eigenvalue weighted by Crippen LogP contribution is -2.52. The van der Waals surface area contributed by atoms with E-state index in [-0.39, 0.29) is 24.1 Å². The van der Waals surface area contributed by atoms with Crippen molar-refractivity contribution in [1.29, 1.82) is 0 Å². The van der Waals surface area contributed by atoms with Gasteiger partial charge in [-0.1, -0.05) is 24.3 Å². The standard InChI is InChI=1S/C23H25FN2O3/c24-18-4-1-15(2-5-18)17-3-6-19-20(9-12-28-21(19)13-17)25-23(27)29-22-14-26-10-7-16(22)8-11-26/h1-6,13,16,20,22H,7-12,14H2,(H,25,27)/t20?,22-/m0/s1. The van der Waals surface area contributed by atoms with E-state index in [1.807, 2.05) is 18.2 Å². The van der Waals surface area contributed by atoms with Crippen molar-refractivity contribution < 1.29 is 18.7 Å². The van der Waals surface area contributed by atoms with Crippen molar-refractivity contribution in [3.05, 3.63) is 53.8 Å². The van der Waals surface area contributed by atoms with Crippen LogP contribution in [-0.2, 0) is 4.74 Å². The molecular formula is C23H25FN2O3. The van der Waals surface area contributed by atoms with Gasteiger partial charge in [-0.3, -0.25) is 4.90 Å². The predicted octanol–water partition coefficient (Wildman–Crippen LogP) is 4.14. The van der Waals surface area contributed by atoms with Crippen LogP contribution in [0.3, 0.4) is 0 Å². The molecule has 1 N–H and O–H groups in total. The smallest absolute Gasteiger partial charge is 0.407 e. The molecule has 2 aromatic rings. The van der Waals surface area contributed by atoms with Gasteiger partial charge in [0, 0.05) is 18.5 Å². The molecular weight excluding hydrogens is 371 g/mol. The van der Waals surface area contributed by atoms with Crippen molar-refractivity contribution in [2.24, 2.45) is 5.92 Å². The Bertz CT molecular complexity index is 893. The summed E-state index contributed by atoms with van der Waals surface area (Å²) >= 11 is 0. The molecule has 1 amide bonds. The zero-order chi connectivity index (χ0) is 19.8. The van der Waals surface area contributed by atoms with Gasteiger partial charge >= 0.3 is 6.09 Å². The van der Waals surface area contributed by atoms with E-state index in [1.54, 1.807) is 12.1 Å². The highest BCUT2D eigenvalue weighted by molar-refractivity contribution is 5.70. The number of fused-ring (bicyclic) bond motifs is 4. The number of hydrogen-bond acceptors (Lipinski definition) is 4. The van der Waals surface area contributed by atoms with Gasteiger partial charge in [-0.25, -0.2) is 9.18 Å². The lowest BCUT2D eigenvalue weighted by atomic mass is 9.86. The highest BCUT2D eigenvalue weighted by atomic mass is 19.1. The molecule has 2 atom stereocenters. The summed E-state index contributed by atoms with van der Waals surface area (Å²) in [5, 5.41) is 3.04. The third-order valence-corrected chi connectivity index (χ3v) is 6.38. The number of hydrogen-bond donors (Lipinski definition) is 1. The molecule has 0 saturated carbocycles. The second kappa shape index (κ2) is 7.67. The highest BCUT2D eigenvalue weighted by Crippen LogP contribution is 2.36. The van der Waals surface area contributed by atoms with Crippen LogP contribution in [0.25, 0.3) is 11.1 Å². The summed E-state index contributed by atoms with van der Waals surface area (Å²) in [5.74, 6) is 0.992. The first-order valence-corrected chi connectivity index (χ1v) is 10.4. The Balaban J connectivity index is 1.28. The number of alkyl carbamates (subject to hydrolysis) is 1. The van der Waals surface area contributed by atoms with Gasteiger partial charge in [-0.15, -0.1) is 0 Å². The quantitative estimate of drug-likeness (QED) is 0.847. The van der Waals surface area contributed by atoms with E-state index in [2.05, 4.69) is 10.2 Å². The molecule has 0 radical (unpaired) electrons. The minimum absolute atomic E-state index is 0.00216. The first kappa shape index (κ1) is 18.4. The molecule has 0 aliphatic carbocycles. The lowest BCUT2D eigenvalue weighted by molar-refractivity contribution is -0.0342. The Kier molecular flexibility index (Phi) is 4.87. The summed E-state index contributed by atoms with van der Waals surface area (Å²) in [4.78, 5) is 14.9. The molecule has 3 fully saturated rings. The average Bonchev–Trinajstić information content (AvgIpc) is 2.75. The Hall–Kier alpha value is -2.60. The molecule has 4 aliphatic rings. The SMILES string of the molecule is O=C(NC1CCOc2cc(-c3ccc(F)cc3)ccc21)O[C@H]1CN2CCC1CC2. The third-order valence-electron chi connectivity index (χ3n) is 6.38. The van der Waals surface area contributed by atoms with Crippen molar-refractivity contribution in [2.45, 2.75) is 31.4 Å². The Morgan fingerprint density at radius 2 is 1.83 bits per heavy atom. The third kappa shape index (κ3) is 3.81. The highest BCUT2D eigenvalue weighted by Gasteiger charge is 2.37. The summed E-state index contributed by atoms with van der Waals surface area (Å²) in [5.41, 5.74) is 2.84. The Labute approximate surface area is 169 Å². The van der Waals surface area contributed by atoms with E-state index in [9.17, 15) is 9.18 Å². The van der Waals surface area contributed by atoms with Crippen LogP contribution in [0.1, 0.15) is 30.9 Å². The van der Waals surface area contributed by atoms with Crippen LogP contribution < -0.4 is 10.1 Å². The first-order valence-electron chi connectivity index (χ1n) is 10.4. The van der Waals surface area contributed by atoms with E-state index < -0.39 is 0 Å². The second-order valence-electron chi connectivity index (χ2n) is 8.18. The fraction of sp³-hybridized carbons (Fsp3) is 0.435. The van der Waals surface area contributed by atoms with Crippen LogP contribution >= 0.6 is 0 Å². The van der Waals surface area contributed by atoms with Crippen molar-refractivity contribution in [1.82, 2.24) is 10.2 Å². The van der Waals surface area contributed by atoms with Crippen molar-refractivity contribution in [2.75, 3.05) is 26.2 Å². The zero-order valence-electron chi connectivity index (χ0n) is 16.3. The lowest BCUT2D eigenvalue weighted by Gasteiger charge is -2.44. The van der Waals surface area contributed by atoms with E-state index in [0.29, 0.717) is 18.9 Å². The van der Waals surface area contributed by atoms with Crippen LogP contribution in [-0.4, -0.2) is 43.3 Å². The fourth-order valence-corrected chi connectivity index (χ4v) is 4.72. The largest absolute Gasteiger partial charge is 0.493 e. The van der Waals surface area contributed by atoms with Gasteiger partial charge in [0.2, 0.25) is 0 Å². The normalized spacial score (nSPS) is 27.6. The maximum atomic E-state index is 13.2. The number of benzene rings is 2. The summed E-state index contributed by atoms with van der Waals surface area (Å²) in [6.45, 7) is 3.62. The molecule has 4 aliphatic heterocycles. The van der Waals surface area contributed by atoms with Crippen LogP contribution in [0.4, 0.5) is 9.18 Å². The van der Waals surface area contributed by atoms with Gasteiger partial charge in [0.15, 0.2) is 0 Å². The molecule has 5 nitrogen and oxygen atoms in total. The Morgan fingerprint density at radius 3 is 2.55 bits per heavy atom. The van der Waals surface area contributed by atoms with E-state index in [1.165, 1.54) is 12.1 Å². The molecule has 2 bridgehead atoms.